The summed E-state index contributed by atoms with van der Waals surface area (Å²) in [5.74, 6) is -0.551. The molecule has 15 heteroatoms. The second-order valence-corrected chi connectivity index (χ2v) is 18.2. The van der Waals surface area contributed by atoms with Crippen LogP contribution in [0, 0.1) is 28.5 Å². The molecule has 0 fully saturated rings. The molecule has 2 N–H and O–H groups in total. The summed E-state index contributed by atoms with van der Waals surface area (Å²) in [6.45, 7) is 4.10. The van der Waals surface area contributed by atoms with Gasteiger partial charge in [-0.25, -0.2) is 21.2 Å². The van der Waals surface area contributed by atoms with E-state index < -0.39 is 36.9 Å². The zero-order valence-corrected chi connectivity index (χ0v) is 35.1. The second kappa shape index (κ2) is 17.6. The minimum absolute atomic E-state index is 0.183. The monoisotopic (exact) mass is 848 g/mol. The number of nitrogens with one attached hydrogen (secondary N) is 2. The van der Waals surface area contributed by atoms with E-state index in [2.05, 4.69) is 33.1 Å². The van der Waals surface area contributed by atoms with E-state index in [4.69, 9.17) is 23.2 Å². The number of anilines is 2. The van der Waals surface area contributed by atoms with Crippen molar-refractivity contribution in [2.75, 3.05) is 22.0 Å². The molecule has 2 aromatic heterocycles. The lowest BCUT2D eigenvalue weighted by Crippen LogP contribution is -2.33. The summed E-state index contributed by atoms with van der Waals surface area (Å²) < 4.78 is 70.4. The Labute approximate surface area is 343 Å². The van der Waals surface area contributed by atoms with Gasteiger partial charge >= 0.3 is 0 Å². The molecule has 0 aliphatic heterocycles. The first kappa shape index (κ1) is 43.1. The SMILES string of the molecule is CCC(CCC#N)(c1ccc(Cl)cc1)n1ccc2c(NS(C)(=O)=O)cc(F)cc21.CCC(CCC#N)(c1ccc(Cl)cc1)n1ccc2c(NS(C)(=O)=O)cccc21. The van der Waals surface area contributed by atoms with Crippen molar-refractivity contribution in [3.63, 3.8) is 0 Å². The van der Waals surface area contributed by atoms with Crippen LogP contribution in [0.1, 0.15) is 63.5 Å². The minimum Gasteiger partial charge on any atom is -0.337 e. The van der Waals surface area contributed by atoms with Crippen LogP contribution in [0.2, 0.25) is 10.0 Å². The zero-order valence-electron chi connectivity index (χ0n) is 31.9. The first-order valence-electron chi connectivity index (χ1n) is 18.1. The van der Waals surface area contributed by atoms with Gasteiger partial charge in [0.1, 0.15) is 5.82 Å². The number of rotatable bonds is 14. The van der Waals surface area contributed by atoms with Crippen molar-refractivity contribution in [3.8, 4) is 12.1 Å². The molecule has 0 bridgehead atoms. The average Bonchev–Trinajstić information content (AvgIpc) is 3.79. The quantitative estimate of drug-likeness (QED) is 0.111. The summed E-state index contributed by atoms with van der Waals surface area (Å²) in [5, 5.41) is 21.1. The van der Waals surface area contributed by atoms with Crippen LogP contribution in [-0.2, 0) is 31.1 Å². The summed E-state index contributed by atoms with van der Waals surface area (Å²) in [6, 6.07) is 31.3. The average molecular weight is 850 g/mol. The van der Waals surface area contributed by atoms with Crippen molar-refractivity contribution >= 4 is 76.4 Å². The van der Waals surface area contributed by atoms with E-state index in [9.17, 15) is 31.7 Å². The van der Waals surface area contributed by atoms with Gasteiger partial charge < -0.3 is 9.13 Å². The van der Waals surface area contributed by atoms with Gasteiger partial charge in [-0.1, -0.05) is 67.4 Å². The highest BCUT2D eigenvalue weighted by atomic mass is 35.5. The molecule has 2 heterocycles. The smallest absolute Gasteiger partial charge is 0.229 e. The molecule has 0 radical (unpaired) electrons. The van der Waals surface area contributed by atoms with E-state index in [0.29, 0.717) is 58.7 Å². The van der Waals surface area contributed by atoms with Crippen molar-refractivity contribution in [2.24, 2.45) is 0 Å². The molecule has 298 valence electrons. The number of hydrogen-bond acceptors (Lipinski definition) is 6. The molecule has 2 unspecified atom stereocenters. The molecule has 0 spiro atoms. The fourth-order valence-corrected chi connectivity index (χ4v) is 9.05. The van der Waals surface area contributed by atoms with Gasteiger partial charge in [-0.15, -0.1) is 0 Å². The number of benzene rings is 4. The lowest BCUT2D eigenvalue weighted by Gasteiger charge is -2.36. The van der Waals surface area contributed by atoms with E-state index in [-0.39, 0.29) is 5.69 Å². The van der Waals surface area contributed by atoms with Gasteiger partial charge in [-0.05, 0) is 97.5 Å². The molecule has 2 atom stereocenters. The standard InChI is InChI=1S/C21H21ClFN3O2S.C21H22ClN3O2S/c1-3-21(10-4-11-24,15-5-7-16(22)8-6-15)26-12-9-18-19(25-29(2,27)28)13-17(23)14-20(18)26;1-3-21(13-5-14-23,16-8-10-17(22)11-9-16)25-15-12-18-19(24-28(2,26)27)6-4-7-20(18)25/h5-9,12-14,25H,3-4,10H2,1-2H3;4,6-12,15,24H,3,5,13H2,1-2H3. The Hall–Kier alpha value is -5.05. The highest BCUT2D eigenvalue weighted by Crippen LogP contribution is 2.41. The predicted molar refractivity (Wildman–Crippen MR) is 228 cm³/mol. The van der Waals surface area contributed by atoms with Crippen LogP contribution in [-0.4, -0.2) is 38.5 Å². The molecule has 4 aromatic carbocycles. The molecule has 6 aromatic rings. The van der Waals surface area contributed by atoms with E-state index in [0.717, 1.165) is 41.0 Å². The van der Waals surface area contributed by atoms with Crippen LogP contribution in [0.4, 0.5) is 15.8 Å². The Kier molecular flexibility index (Phi) is 13.3. The second-order valence-electron chi connectivity index (χ2n) is 13.8. The topological polar surface area (TPSA) is 150 Å². The lowest BCUT2D eigenvalue weighted by molar-refractivity contribution is 0.328. The van der Waals surface area contributed by atoms with Crippen LogP contribution in [0.3, 0.4) is 0 Å². The number of aromatic nitrogens is 2. The molecule has 0 aliphatic carbocycles. The maximum absolute atomic E-state index is 14.4. The maximum atomic E-state index is 14.4. The lowest BCUT2D eigenvalue weighted by atomic mass is 9.82. The Morgan fingerprint density at radius 3 is 1.53 bits per heavy atom. The van der Waals surface area contributed by atoms with Gasteiger partial charge in [0.15, 0.2) is 0 Å². The molecule has 57 heavy (non-hydrogen) atoms. The fourth-order valence-electron chi connectivity index (χ4n) is 7.65. The third-order valence-corrected chi connectivity index (χ3v) is 11.9. The number of halogens is 3. The largest absolute Gasteiger partial charge is 0.337 e. The normalized spacial score (nSPS) is 13.8. The summed E-state index contributed by atoms with van der Waals surface area (Å²) in [7, 11) is -6.96. The highest BCUT2D eigenvalue weighted by Gasteiger charge is 2.35. The van der Waals surface area contributed by atoms with Crippen LogP contribution < -0.4 is 9.44 Å². The zero-order chi connectivity index (χ0) is 41.6. The maximum Gasteiger partial charge on any atom is 0.229 e. The first-order chi connectivity index (χ1) is 27.0. The molecule has 0 saturated carbocycles. The van der Waals surface area contributed by atoms with Crippen LogP contribution in [0.25, 0.3) is 21.8 Å². The highest BCUT2D eigenvalue weighted by molar-refractivity contribution is 7.92. The van der Waals surface area contributed by atoms with Gasteiger partial charge in [0, 0.05) is 46.1 Å². The Morgan fingerprint density at radius 1 is 0.649 bits per heavy atom. The Morgan fingerprint density at radius 2 is 1.09 bits per heavy atom. The third kappa shape index (κ3) is 9.57. The van der Waals surface area contributed by atoms with Gasteiger partial charge in [-0.3, -0.25) is 9.44 Å². The fraction of sp³-hybridized carbons (Fsp3) is 0.286. The van der Waals surface area contributed by atoms with Crippen molar-refractivity contribution in [1.82, 2.24) is 9.13 Å². The van der Waals surface area contributed by atoms with E-state index in [1.54, 1.807) is 24.3 Å². The molecule has 10 nitrogen and oxygen atoms in total. The van der Waals surface area contributed by atoms with Crippen LogP contribution in [0.5, 0.6) is 0 Å². The van der Waals surface area contributed by atoms with Crippen molar-refractivity contribution in [3.05, 3.63) is 130 Å². The summed E-state index contributed by atoms with van der Waals surface area (Å²) in [4.78, 5) is 0. The van der Waals surface area contributed by atoms with Crippen molar-refractivity contribution in [2.45, 2.75) is 63.5 Å². The Bertz CT molecular complexity index is 2690. The van der Waals surface area contributed by atoms with Gasteiger partial charge in [0.05, 0.1) is 58.1 Å². The number of sulfonamides is 2. The number of hydrogen-bond donors (Lipinski definition) is 2. The van der Waals surface area contributed by atoms with Crippen LogP contribution in [0.15, 0.2) is 103 Å². The van der Waals surface area contributed by atoms with E-state index >= 15 is 0 Å². The van der Waals surface area contributed by atoms with Gasteiger partial charge in [-0.2, -0.15) is 10.5 Å². The van der Waals surface area contributed by atoms with Gasteiger partial charge in [0.2, 0.25) is 20.0 Å². The summed E-state index contributed by atoms with van der Waals surface area (Å²) in [6.07, 6.45) is 9.21. The summed E-state index contributed by atoms with van der Waals surface area (Å²) in [5.41, 5.74) is 3.13. The van der Waals surface area contributed by atoms with Gasteiger partial charge in [0.25, 0.3) is 0 Å². The van der Waals surface area contributed by atoms with Crippen molar-refractivity contribution < 1.29 is 21.2 Å². The Balaban J connectivity index is 0.000000218. The van der Waals surface area contributed by atoms with E-state index in [1.807, 2.05) is 78.5 Å². The minimum atomic E-state index is -3.57. The number of nitrogens with zero attached hydrogens (tertiary/aromatic N) is 4. The number of fused-ring (bicyclic) bond motifs is 2. The van der Waals surface area contributed by atoms with Crippen LogP contribution >= 0.6 is 23.2 Å². The van der Waals surface area contributed by atoms with Crippen molar-refractivity contribution in [1.29, 1.82) is 10.5 Å². The first-order valence-corrected chi connectivity index (χ1v) is 22.7. The molecule has 0 saturated heterocycles. The molecular weight excluding hydrogens is 807 g/mol. The van der Waals surface area contributed by atoms with E-state index in [1.165, 1.54) is 12.1 Å². The molecule has 0 amide bonds. The predicted octanol–water partition coefficient (Wildman–Crippen LogP) is 10.4. The molecular formula is C42H43Cl2FN6O4S2. The third-order valence-electron chi connectivity index (χ3n) is 10.3. The summed E-state index contributed by atoms with van der Waals surface area (Å²) >= 11 is 12.1. The molecule has 6 rings (SSSR count). The number of nitriles is 2. The molecule has 0 aliphatic rings.